The topological polar surface area (TPSA) is 21.3 Å². The number of hydrogen-bond donors (Lipinski definition) is 1. The molecular weight excluding hydrogens is 349 g/mol. The molecule has 2 atom stereocenters. The molecule has 0 saturated carbocycles. The highest BCUT2D eigenvalue weighted by molar-refractivity contribution is 5.89. The van der Waals surface area contributed by atoms with E-state index in [2.05, 4.69) is 56.4 Å². The fourth-order valence-corrected chi connectivity index (χ4v) is 5.08. The molecule has 2 heterocycles. The maximum Gasteiger partial charge on any atom is 0.131 e. The molecule has 1 N–H and O–H groups in total. The molecule has 3 aliphatic rings. The Morgan fingerprint density at radius 1 is 1.14 bits per heavy atom. The summed E-state index contributed by atoms with van der Waals surface area (Å²) < 4.78 is 20.6. The van der Waals surface area contributed by atoms with Crippen molar-refractivity contribution in [1.82, 2.24) is 0 Å². The van der Waals surface area contributed by atoms with Gasteiger partial charge >= 0.3 is 0 Å². The number of nitrogens with one attached hydrogen (secondary N) is 1. The summed E-state index contributed by atoms with van der Waals surface area (Å²) in [5, 5.41) is 3.65. The van der Waals surface area contributed by atoms with E-state index in [0.717, 1.165) is 35.4 Å². The number of rotatable bonds is 1. The first-order valence-electron chi connectivity index (χ1n) is 10.2. The smallest absolute Gasteiger partial charge is 0.131 e. The Labute approximate surface area is 166 Å². The van der Waals surface area contributed by atoms with E-state index in [1.165, 1.54) is 29.2 Å². The first-order valence-corrected chi connectivity index (χ1v) is 10.2. The Hall–Kier alpha value is -2.55. The molecule has 2 nitrogen and oxygen atoms in total. The van der Waals surface area contributed by atoms with E-state index >= 15 is 0 Å². The standard InChI is InChI=1S/C25H26FNO/c1-15-14-25(2,3)27-20-11-10-18-19-13-17(26)9-12-21(19)28-24(23(18)22(15)20)16-7-5-4-6-8-16/h5,7,9-14,16,24,27H,4,6,8H2,1-3H3. The number of benzene rings is 2. The fourth-order valence-electron chi connectivity index (χ4n) is 5.08. The number of hydrogen-bond acceptors (Lipinski definition) is 2. The third-order valence-electron chi connectivity index (χ3n) is 6.12. The Bertz CT molecular complexity index is 1020. The molecule has 0 bridgehead atoms. The lowest BCUT2D eigenvalue weighted by molar-refractivity contribution is 0.146. The van der Waals surface area contributed by atoms with Gasteiger partial charge in [0.05, 0.1) is 5.54 Å². The second kappa shape index (κ2) is 6.23. The molecule has 2 aliphatic heterocycles. The van der Waals surface area contributed by atoms with Gasteiger partial charge in [-0.25, -0.2) is 4.39 Å². The van der Waals surface area contributed by atoms with Crippen molar-refractivity contribution in [2.45, 2.75) is 51.7 Å². The first kappa shape index (κ1) is 17.5. The summed E-state index contributed by atoms with van der Waals surface area (Å²) in [6, 6.07) is 9.14. The first-order chi connectivity index (χ1) is 13.4. The summed E-state index contributed by atoms with van der Waals surface area (Å²) in [5.74, 6) is 0.886. The number of fused-ring (bicyclic) bond motifs is 5. The van der Waals surface area contributed by atoms with Crippen LogP contribution in [0, 0.1) is 11.7 Å². The maximum atomic E-state index is 14.1. The van der Waals surface area contributed by atoms with Crippen LogP contribution in [0.15, 0.2) is 48.6 Å². The molecule has 0 saturated heterocycles. The number of halogens is 1. The lowest BCUT2D eigenvalue weighted by Gasteiger charge is -2.39. The van der Waals surface area contributed by atoms with Crippen LogP contribution in [0.5, 0.6) is 5.75 Å². The Morgan fingerprint density at radius 3 is 2.79 bits per heavy atom. The van der Waals surface area contributed by atoms with Crippen LogP contribution < -0.4 is 10.1 Å². The SMILES string of the molecule is CC1=CC(C)(C)Nc2ccc3c(c21)C(C1C=CCCC1)Oc1ccc(F)cc1-3. The van der Waals surface area contributed by atoms with Crippen LogP contribution in [-0.4, -0.2) is 5.54 Å². The van der Waals surface area contributed by atoms with E-state index in [0.29, 0.717) is 5.92 Å². The van der Waals surface area contributed by atoms with E-state index in [4.69, 9.17) is 4.74 Å². The predicted octanol–water partition coefficient (Wildman–Crippen LogP) is 6.89. The van der Waals surface area contributed by atoms with Gasteiger partial charge in [0.25, 0.3) is 0 Å². The number of allylic oxidation sites excluding steroid dienone is 2. The Kier molecular flexibility index (Phi) is 3.90. The van der Waals surface area contributed by atoms with Gasteiger partial charge < -0.3 is 10.1 Å². The van der Waals surface area contributed by atoms with Crippen LogP contribution >= 0.6 is 0 Å². The van der Waals surface area contributed by atoms with Crippen molar-refractivity contribution >= 4 is 11.3 Å². The molecule has 3 heteroatoms. The minimum absolute atomic E-state index is 0.0502. The van der Waals surface area contributed by atoms with Gasteiger partial charge in [-0.15, -0.1) is 0 Å². The van der Waals surface area contributed by atoms with Crippen LogP contribution in [0.4, 0.5) is 10.1 Å². The molecule has 1 aliphatic carbocycles. The van der Waals surface area contributed by atoms with Crippen molar-refractivity contribution in [1.29, 1.82) is 0 Å². The van der Waals surface area contributed by atoms with Crippen molar-refractivity contribution in [3.63, 3.8) is 0 Å². The molecular formula is C25H26FNO. The highest BCUT2D eigenvalue weighted by atomic mass is 19.1. The monoisotopic (exact) mass is 375 g/mol. The van der Waals surface area contributed by atoms with Gasteiger partial charge in [-0.2, -0.15) is 0 Å². The number of ether oxygens (including phenoxy) is 1. The normalized spacial score (nSPS) is 24.2. The third kappa shape index (κ3) is 2.76. The molecule has 0 aromatic heterocycles. The van der Waals surface area contributed by atoms with Gasteiger partial charge in [0.2, 0.25) is 0 Å². The van der Waals surface area contributed by atoms with Gasteiger partial charge in [0, 0.05) is 28.3 Å². The predicted molar refractivity (Wildman–Crippen MR) is 113 cm³/mol. The van der Waals surface area contributed by atoms with E-state index in [9.17, 15) is 4.39 Å². The highest BCUT2D eigenvalue weighted by Gasteiger charge is 2.37. The molecule has 0 spiro atoms. The minimum atomic E-state index is -0.228. The van der Waals surface area contributed by atoms with E-state index in [1.54, 1.807) is 12.1 Å². The minimum Gasteiger partial charge on any atom is -0.484 e. The zero-order chi connectivity index (χ0) is 19.5. The molecule has 0 amide bonds. The summed E-state index contributed by atoms with van der Waals surface area (Å²) in [7, 11) is 0. The van der Waals surface area contributed by atoms with Crippen molar-refractivity contribution in [2.24, 2.45) is 5.92 Å². The van der Waals surface area contributed by atoms with Crippen molar-refractivity contribution in [3.05, 3.63) is 65.5 Å². The van der Waals surface area contributed by atoms with Gasteiger partial charge in [-0.3, -0.25) is 0 Å². The molecule has 2 unspecified atom stereocenters. The lowest BCUT2D eigenvalue weighted by atomic mass is 9.77. The van der Waals surface area contributed by atoms with Crippen molar-refractivity contribution < 1.29 is 9.13 Å². The van der Waals surface area contributed by atoms with Crippen LogP contribution in [0.3, 0.4) is 0 Å². The van der Waals surface area contributed by atoms with Crippen LogP contribution in [-0.2, 0) is 0 Å². The molecule has 0 radical (unpaired) electrons. The zero-order valence-electron chi connectivity index (χ0n) is 16.7. The molecule has 2 aromatic rings. The lowest BCUT2D eigenvalue weighted by Crippen LogP contribution is -2.33. The summed E-state index contributed by atoms with van der Waals surface area (Å²) in [4.78, 5) is 0. The Balaban J connectivity index is 1.77. The van der Waals surface area contributed by atoms with E-state index in [1.807, 2.05) is 0 Å². The van der Waals surface area contributed by atoms with Crippen LogP contribution in [0.2, 0.25) is 0 Å². The summed E-state index contributed by atoms with van der Waals surface area (Å²) in [6.45, 7) is 6.54. The Morgan fingerprint density at radius 2 is 2.00 bits per heavy atom. The molecule has 5 rings (SSSR count). The second-order valence-electron chi connectivity index (χ2n) is 8.83. The molecule has 2 aromatic carbocycles. The molecule has 144 valence electrons. The fraction of sp³-hybridized carbons (Fsp3) is 0.360. The van der Waals surface area contributed by atoms with Gasteiger partial charge in [0.15, 0.2) is 0 Å². The van der Waals surface area contributed by atoms with Crippen molar-refractivity contribution in [3.8, 4) is 16.9 Å². The quantitative estimate of drug-likeness (QED) is 0.548. The van der Waals surface area contributed by atoms with Crippen LogP contribution in [0.1, 0.15) is 57.3 Å². The largest absolute Gasteiger partial charge is 0.484 e. The second-order valence-corrected chi connectivity index (χ2v) is 8.83. The summed E-state index contributed by atoms with van der Waals surface area (Å²) >= 11 is 0. The summed E-state index contributed by atoms with van der Waals surface area (Å²) in [6.07, 6.45) is 10.3. The van der Waals surface area contributed by atoms with Crippen molar-refractivity contribution in [2.75, 3.05) is 5.32 Å². The maximum absolute atomic E-state index is 14.1. The average molecular weight is 375 g/mol. The average Bonchev–Trinajstić information content (AvgIpc) is 2.66. The van der Waals surface area contributed by atoms with E-state index in [-0.39, 0.29) is 17.5 Å². The molecule has 0 fully saturated rings. The number of anilines is 1. The van der Waals surface area contributed by atoms with Gasteiger partial charge in [-0.05, 0) is 75.4 Å². The molecule has 28 heavy (non-hydrogen) atoms. The zero-order valence-corrected chi connectivity index (χ0v) is 16.7. The van der Waals surface area contributed by atoms with E-state index < -0.39 is 0 Å². The summed E-state index contributed by atoms with van der Waals surface area (Å²) in [5.41, 5.74) is 6.66. The highest BCUT2D eigenvalue weighted by Crippen LogP contribution is 2.52. The van der Waals surface area contributed by atoms with Crippen LogP contribution in [0.25, 0.3) is 16.7 Å². The third-order valence-corrected chi connectivity index (χ3v) is 6.12. The van der Waals surface area contributed by atoms with Gasteiger partial charge in [0.1, 0.15) is 17.7 Å². The van der Waals surface area contributed by atoms with Gasteiger partial charge in [-0.1, -0.05) is 24.3 Å².